The summed E-state index contributed by atoms with van der Waals surface area (Å²) in [6.45, 7) is 4.60. The molecule has 2 heterocycles. The van der Waals surface area contributed by atoms with Crippen LogP contribution in [0.15, 0.2) is 0 Å². The van der Waals surface area contributed by atoms with Gasteiger partial charge in [0.15, 0.2) is 0 Å². The second-order valence-electron chi connectivity index (χ2n) is 4.93. The molecule has 3 atom stereocenters. The van der Waals surface area contributed by atoms with Crippen molar-refractivity contribution in [2.45, 2.75) is 44.8 Å². The molecule has 0 radical (unpaired) electrons. The Morgan fingerprint density at radius 3 is 2.94 bits per heavy atom. The van der Waals surface area contributed by atoms with Gasteiger partial charge < -0.3 is 15.4 Å². The van der Waals surface area contributed by atoms with Crippen molar-refractivity contribution in [3.63, 3.8) is 0 Å². The van der Waals surface area contributed by atoms with Crippen molar-refractivity contribution >= 4 is 5.91 Å². The number of nitrogens with one attached hydrogen (secondary N) is 2. The molecule has 1 amide bonds. The molecule has 92 valence electrons. The molecule has 4 nitrogen and oxygen atoms in total. The maximum Gasteiger partial charge on any atom is 0.237 e. The third-order valence-electron chi connectivity index (χ3n) is 3.59. The molecule has 0 spiro atoms. The lowest BCUT2D eigenvalue weighted by Gasteiger charge is -2.24. The molecule has 0 aliphatic carbocycles. The van der Waals surface area contributed by atoms with Gasteiger partial charge in [-0.1, -0.05) is 6.92 Å². The average molecular weight is 226 g/mol. The second-order valence-corrected chi connectivity index (χ2v) is 4.93. The van der Waals surface area contributed by atoms with Crippen LogP contribution in [-0.2, 0) is 9.53 Å². The Labute approximate surface area is 97.1 Å². The summed E-state index contributed by atoms with van der Waals surface area (Å²) < 4.78 is 5.58. The van der Waals surface area contributed by atoms with Crippen molar-refractivity contribution in [2.24, 2.45) is 5.92 Å². The highest BCUT2D eigenvalue weighted by molar-refractivity contribution is 5.82. The predicted molar refractivity (Wildman–Crippen MR) is 62.2 cm³/mol. The average Bonchev–Trinajstić information content (AvgIpc) is 2.74. The minimum atomic E-state index is 0.00332. The van der Waals surface area contributed by atoms with E-state index in [-0.39, 0.29) is 18.1 Å². The van der Waals surface area contributed by atoms with Gasteiger partial charge in [-0.15, -0.1) is 0 Å². The fourth-order valence-corrected chi connectivity index (χ4v) is 2.48. The molecule has 16 heavy (non-hydrogen) atoms. The fraction of sp³-hybridized carbons (Fsp3) is 0.917. The van der Waals surface area contributed by atoms with Crippen LogP contribution in [0.4, 0.5) is 0 Å². The van der Waals surface area contributed by atoms with Gasteiger partial charge in [0.2, 0.25) is 5.91 Å². The Balaban J connectivity index is 1.70. The third kappa shape index (κ3) is 2.95. The Morgan fingerprint density at radius 2 is 2.31 bits per heavy atom. The second kappa shape index (κ2) is 5.64. The molecule has 2 N–H and O–H groups in total. The maximum absolute atomic E-state index is 11.9. The van der Waals surface area contributed by atoms with Crippen molar-refractivity contribution < 1.29 is 9.53 Å². The van der Waals surface area contributed by atoms with Crippen LogP contribution in [0.25, 0.3) is 0 Å². The summed E-state index contributed by atoms with van der Waals surface area (Å²) in [5.41, 5.74) is 0. The smallest absolute Gasteiger partial charge is 0.237 e. The molecule has 2 saturated heterocycles. The highest BCUT2D eigenvalue weighted by atomic mass is 16.5. The van der Waals surface area contributed by atoms with E-state index in [0.29, 0.717) is 12.5 Å². The molecule has 2 aliphatic heterocycles. The van der Waals surface area contributed by atoms with Gasteiger partial charge in [-0.25, -0.2) is 0 Å². The summed E-state index contributed by atoms with van der Waals surface area (Å²) in [6, 6.07) is 0.00332. The van der Waals surface area contributed by atoms with Crippen molar-refractivity contribution in [1.29, 1.82) is 0 Å². The number of hydrogen-bond acceptors (Lipinski definition) is 3. The molecule has 0 bridgehead atoms. The predicted octanol–water partition coefficient (Wildman–Crippen LogP) is 0.670. The van der Waals surface area contributed by atoms with Crippen LogP contribution in [-0.4, -0.2) is 37.7 Å². The zero-order chi connectivity index (χ0) is 11.4. The molecule has 4 heteroatoms. The van der Waals surface area contributed by atoms with Gasteiger partial charge >= 0.3 is 0 Å². The number of hydrogen-bond donors (Lipinski definition) is 2. The standard InChI is InChI=1S/C12H22N2O2/c1-9-5-6-13-11(9)12(15)14-8-10-4-2-3-7-16-10/h9-11,13H,2-8H2,1H3,(H,14,15). The highest BCUT2D eigenvalue weighted by Gasteiger charge is 2.29. The van der Waals surface area contributed by atoms with Gasteiger partial charge in [0.1, 0.15) is 0 Å². The number of amides is 1. The summed E-state index contributed by atoms with van der Waals surface area (Å²) in [5, 5.41) is 6.24. The number of ether oxygens (including phenoxy) is 1. The van der Waals surface area contributed by atoms with Crippen molar-refractivity contribution in [3.8, 4) is 0 Å². The third-order valence-corrected chi connectivity index (χ3v) is 3.59. The summed E-state index contributed by atoms with van der Waals surface area (Å²) in [5.74, 6) is 0.589. The Kier molecular flexibility index (Phi) is 4.18. The first-order chi connectivity index (χ1) is 7.77. The number of rotatable bonds is 3. The van der Waals surface area contributed by atoms with Crippen LogP contribution in [0.5, 0.6) is 0 Å². The normalized spacial score (nSPS) is 34.9. The van der Waals surface area contributed by atoms with Gasteiger partial charge in [0.25, 0.3) is 0 Å². The first kappa shape index (κ1) is 11.9. The number of carbonyl (C=O) groups excluding carboxylic acids is 1. The van der Waals surface area contributed by atoms with Gasteiger partial charge in [-0.2, -0.15) is 0 Å². The zero-order valence-electron chi connectivity index (χ0n) is 10.00. The molecule has 2 rings (SSSR count). The van der Waals surface area contributed by atoms with E-state index in [1.807, 2.05) is 0 Å². The van der Waals surface area contributed by atoms with Gasteiger partial charge in [-0.05, 0) is 38.1 Å². The lowest BCUT2D eigenvalue weighted by molar-refractivity contribution is -0.124. The largest absolute Gasteiger partial charge is 0.376 e. The van der Waals surface area contributed by atoms with E-state index in [1.165, 1.54) is 6.42 Å². The Hall–Kier alpha value is -0.610. The van der Waals surface area contributed by atoms with Crippen LogP contribution < -0.4 is 10.6 Å². The molecule has 0 aromatic carbocycles. The Bertz CT molecular complexity index is 239. The molecule has 2 fully saturated rings. The molecule has 0 saturated carbocycles. The topological polar surface area (TPSA) is 50.4 Å². The fourth-order valence-electron chi connectivity index (χ4n) is 2.48. The molecule has 2 aliphatic rings. The lowest BCUT2D eigenvalue weighted by atomic mass is 10.0. The first-order valence-electron chi connectivity index (χ1n) is 6.40. The van der Waals surface area contributed by atoms with E-state index in [1.54, 1.807) is 0 Å². The van der Waals surface area contributed by atoms with E-state index in [2.05, 4.69) is 17.6 Å². The lowest BCUT2D eigenvalue weighted by Crippen LogP contribution is -2.46. The molecule has 0 aromatic heterocycles. The van der Waals surface area contributed by atoms with Crippen molar-refractivity contribution in [3.05, 3.63) is 0 Å². The minimum absolute atomic E-state index is 0.00332. The summed E-state index contributed by atoms with van der Waals surface area (Å²) >= 11 is 0. The van der Waals surface area contributed by atoms with E-state index >= 15 is 0 Å². The monoisotopic (exact) mass is 226 g/mol. The van der Waals surface area contributed by atoms with E-state index in [4.69, 9.17) is 4.74 Å². The first-order valence-corrected chi connectivity index (χ1v) is 6.40. The van der Waals surface area contributed by atoms with Crippen LogP contribution in [0.3, 0.4) is 0 Å². The molecular weight excluding hydrogens is 204 g/mol. The van der Waals surface area contributed by atoms with Crippen LogP contribution in [0, 0.1) is 5.92 Å². The van der Waals surface area contributed by atoms with Gasteiger partial charge in [0.05, 0.1) is 12.1 Å². The molecule has 0 aromatic rings. The van der Waals surface area contributed by atoms with E-state index < -0.39 is 0 Å². The molecule has 3 unspecified atom stereocenters. The van der Waals surface area contributed by atoms with E-state index in [0.717, 1.165) is 32.4 Å². The maximum atomic E-state index is 11.9. The van der Waals surface area contributed by atoms with Gasteiger partial charge in [-0.3, -0.25) is 4.79 Å². The summed E-state index contributed by atoms with van der Waals surface area (Å²) in [7, 11) is 0. The SMILES string of the molecule is CC1CCNC1C(=O)NCC1CCCCO1. The Morgan fingerprint density at radius 1 is 1.44 bits per heavy atom. The van der Waals surface area contributed by atoms with E-state index in [9.17, 15) is 4.79 Å². The molecular formula is C12H22N2O2. The zero-order valence-corrected chi connectivity index (χ0v) is 10.00. The summed E-state index contributed by atoms with van der Waals surface area (Å²) in [6.07, 6.45) is 4.78. The van der Waals surface area contributed by atoms with Gasteiger partial charge in [0, 0.05) is 13.2 Å². The summed E-state index contributed by atoms with van der Waals surface area (Å²) in [4.78, 5) is 11.9. The highest BCUT2D eigenvalue weighted by Crippen LogP contribution is 2.15. The van der Waals surface area contributed by atoms with Crippen LogP contribution in [0.1, 0.15) is 32.6 Å². The van der Waals surface area contributed by atoms with Crippen LogP contribution in [0.2, 0.25) is 0 Å². The van der Waals surface area contributed by atoms with Crippen molar-refractivity contribution in [1.82, 2.24) is 10.6 Å². The number of carbonyl (C=O) groups is 1. The minimum Gasteiger partial charge on any atom is -0.376 e. The van der Waals surface area contributed by atoms with Crippen LogP contribution >= 0.6 is 0 Å². The van der Waals surface area contributed by atoms with Crippen molar-refractivity contribution in [2.75, 3.05) is 19.7 Å². The quantitative estimate of drug-likeness (QED) is 0.743.